The van der Waals surface area contributed by atoms with Crippen molar-refractivity contribution >= 4 is 16.1 Å². The standard InChI is InChI=1S/C17H32N4O3S/c1-14-6-4-11-21(14)15(22)12-18-16-7-5-8-17(13-16,10-9-16)19-25(23,24)20(2)3/h14,18-19H,4-13H2,1-3H3. The highest BCUT2D eigenvalue weighted by atomic mass is 32.2. The molecule has 3 rings (SSSR count). The molecule has 1 saturated heterocycles. The molecular weight excluding hydrogens is 340 g/mol. The van der Waals surface area contributed by atoms with Crippen LogP contribution in [0.25, 0.3) is 0 Å². The lowest BCUT2D eigenvalue weighted by Gasteiger charge is -2.41. The topological polar surface area (TPSA) is 81.8 Å². The highest BCUT2D eigenvalue weighted by molar-refractivity contribution is 7.87. The van der Waals surface area contributed by atoms with Crippen LogP contribution in [0, 0.1) is 0 Å². The number of amides is 1. The monoisotopic (exact) mass is 372 g/mol. The van der Waals surface area contributed by atoms with Crippen LogP contribution in [0.5, 0.6) is 0 Å². The van der Waals surface area contributed by atoms with Crippen LogP contribution in [-0.2, 0) is 15.0 Å². The fourth-order valence-corrected chi connectivity index (χ4v) is 5.91. The highest BCUT2D eigenvalue weighted by Gasteiger charge is 2.52. The van der Waals surface area contributed by atoms with Crippen molar-refractivity contribution in [3.05, 3.63) is 0 Å². The summed E-state index contributed by atoms with van der Waals surface area (Å²) in [5.74, 6) is 0.177. The Bertz CT molecular complexity index is 623. The molecule has 0 spiro atoms. The summed E-state index contributed by atoms with van der Waals surface area (Å²) in [5, 5.41) is 3.52. The maximum Gasteiger partial charge on any atom is 0.279 e. The van der Waals surface area contributed by atoms with E-state index in [0.29, 0.717) is 12.6 Å². The van der Waals surface area contributed by atoms with Crippen molar-refractivity contribution in [1.82, 2.24) is 19.2 Å². The summed E-state index contributed by atoms with van der Waals surface area (Å²) < 4.78 is 28.8. The van der Waals surface area contributed by atoms with Gasteiger partial charge in [0, 0.05) is 37.8 Å². The van der Waals surface area contributed by atoms with Crippen LogP contribution in [0.1, 0.15) is 58.3 Å². The Morgan fingerprint density at radius 2 is 1.84 bits per heavy atom. The van der Waals surface area contributed by atoms with Gasteiger partial charge in [-0.25, -0.2) is 0 Å². The first-order chi connectivity index (χ1) is 11.7. The van der Waals surface area contributed by atoms with Gasteiger partial charge in [0.1, 0.15) is 0 Å². The average Bonchev–Trinajstić information content (AvgIpc) is 3.06. The molecule has 2 bridgehead atoms. The van der Waals surface area contributed by atoms with Crippen LogP contribution in [0.2, 0.25) is 0 Å². The Kier molecular flexibility index (Phi) is 5.18. The smallest absolute Gasteiger partial charge is 0.279 e. The largest absolute Gasteiger partial charge is 0.339 e. The molecule has 1 amide bonds. The summed E-state index contributed by atoms with van der Waals surface area (Å²) in [6.07, 6.45) is 7.59. The third-order valence-corrected chi connectivity index (χ3v) is 8.04. The second kappa shape index (κ2) is 6.79. The predicted molar refractivity (Wildman–Crippen MR) is 97.3 cm³/mol. The fourth-order valence-electron chi connectivity index (χ4n) is 4.91. The molecular formula is C17H32N4O3S. The van der Waals surface area contributed by atoms with E-state index in [1.807, 2.05) is 4.90 Å². The number of nitrogens with zero attached hydrogens (tertiary/aromatic N) is 2. The Labute approximate surface area is 151 Å². The molecule has 3 unspecified atom stereocenters. The van der Waals surface area contributed by atoms with Gasteiger partial charge >= 0.3 is 0 Å². The van der Waals surface area contributed by atoms with Crippen LogP contribution < -0.4 is 10.0 Å². The minimum atomic E-state index is -3.44. The van der Waals surface area contributed by atoms with Gasteiger partial charge in [0.25, 0.3) is 10.2 Å². The maximum atomic E-state index is 12.5. The van der Waals surface area contributed by atoms with Crippen molar-refractivity contribution in [3.63, 3.8) is 0 Å². The van der Waals surface area contributed by atoms with Gasteiger partial charge in [-0.15, -0.1) is 0 Å². The zero-order chi connectivity index (χ0) is 18.3. The summed E-state index contributed by atoms with van der Waals surface area (Å²) in [4.78, 5) is 14.5. The van der Waals surface area contributed by atoms with E-state index in [1.54, 1.807) is 14.1 Å². The normalized spacial score (nSPS) is 35.5. The quantitative estimate of drug-likeness (QED) is 0.724. The number of carbonyl (C=O) groups is 1. The van der Waals surface area contributed by atoms with E-state index >= 15 is 0 Å². The predicted octanol–water partition coefficient (Wildman–Crippen LogP) is 0.828. The molecule has 0 aromatic carbocycles. The van der Waals surface area contributed by atoms with Gasteiger partial charge in [-0.2, -0.15) is 17.4 Å². The van der Waals surface area contributed by atoms with Gasteiger partial charge in [-0.05, 0) is 58.3 Å². The zero-order valence-electron chi connectivity index (χ0n) is 15.7. The molecule has 25 heavy (non-hydrogen) atoms. The number of hydrogen-bond donors (Lipinski definition) is 2. The molecule has 1 heterocycles. The van der Waals surface area contributed by atoms with Gasteiger partial charge in [0.05, 0.1) is 6.54 Å². The number of nitrogens with one attached hydrogen (secondary N) is 2. The molecule has 0 aromatic rings. The van der Waals surface area contributed by atoms with Gasteiger partial charge < -0.3 is 10.2 Å². The van der Waals surface area contributed by atoms with Crippen LogP contribution in [0.15, 0.2) is 0 Å². The van der Waals surface area contributed by atoms with Gasteiger partial charge in [-0.1, -0.05) is 0 Å². The van der Waals surface area contributed by atoms with Crippen LogP contribution >= 0.6 is 0 Å². The molecule has 2 aliphatic carbocycles. The molecule has 2 N–H and O–H groups in total. The molecule has 3 aliphatic rings. The lowest BCUT2D eigenvalue weighted by molar-refractivity contribution is -0.131. The minimum Gasteiger partial charge on any atom is -0.339 e. The number of rotatable bonds is 6. The molecule has 3 fully saturated rings. The van der Waals surface area contributed by atoms with Crippen molar-refractivity contribution in [2.24, 2.45) is 0 Å². The molecule has 8 heteroatoms. The lowest BCUT2D eigenvalue weighted by atomic mass is 9.79. The Hall–Kier alpha value is -0.700. The van der Waals surface area contributed by atoms with Gasteiger partial charge in [0.2, 0.25) is 5.91 Å². The summed E-state index contributed by atoms with van der Waals surface area (Å²) in [7, 11) is -0.332. The van der Waals surface area contributed by atoms with E-state index in [0.717, 1.165) is 57.9 Å². The van der Waals surface area contributed by atoms with E-state index in [9.17, 15) is 13.2 Å². The van der Waals surface area contributed by atoms with Crippen LogP contribution in [0.4, 0.5) is 0 Å². The number of likely N-dealkylation sites (tertiary alicyclic amines) is 1. The SMILES string of the molecule is CC1CCCN1C(=O)CNC12CCCC(NS(=O)(=O)N(C)C)(CC1)C2. The van der Waals surface area contributed by atoms with Gasteiger partial charge in [0.15, 0.2) is 0 Å². The second-order valence-corrected chi connectivity index (χ2v) is 10.3. The summed E-state index contributed by atoms with van der Waals surface area (Å²) in [6, 6.07) is 0.340. The van der Waals surface area contributed by atoms with E-state index in [4.69, 9.17) is 0 Å². The van der Waals surface area contributed by atoms with Crippen molar-refractivity contribution in [2.75, 3.05) is 27.2 Å². The number of fused-ring (bicyclic) bond motifs is 2. The van der Waals surface area contributed by atoms with Gasteiger partial charge in [-0.3, -0.25) is 4.79 Å². The first kappa shape index (κ1) is 19.1. The fraction of sp³-hybridized carbons (Fsp3) is 0.941. The third-order valence-electron chi connectivity index (χ3n) is 6.38. The van der Waals surface area contributed by atoms with Crippen molar-refractivity contribution < 1.29 is 13.2 Å². The maximum absolute atomic E-state index is 12.5. The third kappa shape index (κ3) is 3.86. The molecule has 0 radical (unpaired) electrons. The Balaban J connectivity index is 1.62. The summed E-state index contributed by atoms with van der Waals surface area (Å²) >= 11 is 0. The van der Waals surface area contributed by atoms with Crippen LogP contribution in [0.3, 0.4) is 0 Å². The first-order valence-electron chi connectivity index (χ1n) is 9.43. The minimum absolute atomic E-state index is 0.105. The zero-order valence-corrected chi connectivity index (χ0v) is 16.5. The van der Waals surface area contributed by atoms with E-state index in [2.05, 4.69) is 17.0 Å². The molecule has 7 nitrogen and oxygen atoms in total. The molecule has 1 aliphatic heterocycles. The Morgan fingerprint density at radius 1 is 1.16 bits per heavy atom. The number of hydrogen-bond acceptors (Lipinski definition) is 4. The number of carbonyl (C=O) groups excluding carboxylic acids is 1. The lowest BCUT2D eigenvalue weighted by Crippen LogP contribution is -2.57. The van der Waals surface area contributed by atoms with E-state index in [1.165, 1.54) is 4.31 Å². The second-order valence-electron chi connectivity index (χ2n) is 8.41. The van der Waals surface area contributed by atoms with E-state index in [-0.39, 0.29) is 17.0 Å². The molecule has 2 saturated carbocycles. The molecule has 0 aromatic heterocycles. The highest BCUT2D eigenvalue weighted by Crippen LogP contribution is 2.48. The Morgan fingerprint density at radius 3 is 2.48 bits per heavy atom. The molecule has 144 valence electrons. The average molecular weight is 373 g/mol. The summed E-state index contributed by atoms with van der Waals surface area (Å²) in [6.45, 7) is 3.34. The van der Waals surface area contributed by atoms with E-state index < -0.39 is 10.2 Å². The van der Waals surface area contributed by atoms with Crippen molar-refractivity contribution in [3.8, 4) is 0 Å². The van der Waals surface area contributed by atoms with Crippen molar-refractivity contribution in [1.29, 1.82) is 0 Å². The van der Waals surface area contributed by atoms with Crippen molar-refractivity contribution in [2.45, 2.75) is 75.4 Å². The first-order valence-corrected chi connectivity index (χ1v) is 10.9. The summed E-state index contributed by atoms with van der Waals surface area (Å²) in [5.41, 5.74) is -0.468. The molecule has 3 atom stereocenters. The van der Waals surface area contributed by atoms with Crippen LogP contribution in [-0.4, -0.2) is 67.8 Å².